The van der Waals surface area contributed by atoms with Gasteiger partial charge in [-0.25, -0.2) is 4.79 Å². The molecule has 9 heteroatoms. The van der Waals surface area contributed by atoms with Gasteiger partial charge in [-0.3, -0.25) is 14.9 Å². The fourth-order valence-corrected chi connectivity index (χ4v) is 3.33. The van der Waals surface area contributed by atoms with Gasteiger partial charge in [0.15, 0.2) is 0 Å². The summed E-state index contributed by atoms with van der Waals surface area (Å²) in [6.07, 6.45) is 5.47. The Morgan fingerprint density at radius 2 is 1.84 bits per heavy atom. The zero-order valence-corrected chi connectivity index (χ0v) is 18.5. The number of hydrogen-bond acceptors (Lipinski definition) is 8. The van der Waals surface area contributed by atoms with E-state index in [1.165, 1.54) is 18.6 Å². The van der Waals surface area contributed by atoms with Crippen LogP contribution in [-0.4, -0.2) is 48.3 Å². The first kappa shape index (κ1) is 24.6. The van der Waals surface area contributed by atoms with E-state index >= 15 is 0 Å². The van der Waals surface area contributed by atoms with Crippen molar-refractivity contribution in [2.75, 3.05) is 25.1 Å². The minimum absolute atomic E-state index is 0.0248. The molecule has 0 atom stereocenters. The van der Waals surface area contributed by atoms with E-state index in [2.05, 4.69) is 5.32 Å². The van der Waals surface area contributed by atoms with Crippen LogP contribution >= 0.6 is 0 Å². The number of nitrogens with one attached hydrogen (secondary N) is 1. The van der Waals surface area contributed by atoms with Crippen LogP contribution in [0.25, 0.3) is 0 Å². The Morgan fingerprint density at radius 1 is 1.13 bits per heavy atom. The van der Waals surface area contributed by atoms with Crippen molar-refractivity contribution in [3.63, 3.8) is 0 Å². The molecular weight excluding hydrogens is 404 g/mol. The fourth-order valence-electron chi connectivity index (χ4n) is 3.33. The normalized spacial score (nSPS) is 14.7. The molecule has 1 aromatic carbocycles. The predicted molar refractivity (Wildman–Crippen MR) is 115 cm³/mol. The lowest BCUT2D eigenvalue weighted by Crippen LogP contribution is -2.24. The summed E-state index contributed by atoms with van der Waals surface area (Å²) in [5, 5.41) is 14.7. The van der Waals surface area contributed by atoms with E-state index in [1.807, 2.05) is 0 Å². The molecule has 0 amide bonds. The number of anilines is 1. The molecule has 172 valence electrons. The van der Waals surface area contributed by atoms with Crippen molar-refractivity contribution in [2.45, 2.75) is 70.9 Å². The summed E-state index contributed by atoms with van der Waals surface area (Å²) >= 11 is 0. The second-order valence-electron chi connectivity index (χ2n) is 8.55. The Kier molecular flexibility index (Phi) is 9.23. The van der Waals surface area contributed by atoms with Crippen molar-refractivity contribution in [2.24, 2.45) is 0 Å². The van der Waals surface area contributed by atoms with Crippen molar-refractivity contribution in [3.05, 3.63) is 33.9 Å². The number of benzene rings is 1. The highest BCUT2D eigenvalue weighted by molar-refractivity contribution is 5.91. The van der Waals surface area contributed by atoms with Crippen LogP contribution in [0.4, 0.5) is 11.4 Å². The van der Waals surface area contributed by atoms with E-state index in [0.29, 0.717) is 5.69 Å². The van der Waals surface area contributed by atoms with Crippen LogP contribution in [0.3, 0.4) is 0 Å². The Labute approximate surface area is 182 Å². The molecular formula is C22H32N2O7. The largest absolute Gasteiger partial charge is 0.460 e. The van der Waals surface area contributed by atoms with E-state index < -0.39 is 16.5 Å². The lowest BCUT2D eigenvalue weighted by Gasteiger charge is -2.23. The molecule has 0 heterocycles. The van der Waals surface area contributed by atoms with E-state index in [9.17, 15) is 19.7 Å². The average Bonchev–Trinajstić information content (AvgIpc) is 2.70. The molecule has 0 spiro atoms. The average molecular weight is 437 g/mol. The molecule has 0 unspecified atom stereocenters. The Balaban J connectivity index is 1.79. The summed E-state index contributed by atoms with van der Waals surface area (Å²) < 4.78 is 15.6. The first-order valence-electron chi connectivity index (χ1n) is 10.7. The van der Waals surface area contributed by atoms with Gasteiger partial charge in [0.1, 0.15) is 17.9 Å². The summed E-state index contributed by atoms with van der Waals surface area (Å²) in [5.74, 6) is -1.03. The molecule has 0 saturated heterocycles. The third-order valence-corrected chi connectivity index (χ3v) is 4.73. The van der Waals surface area contributed by atoms with Crippen molar-refractivity contribution in [1.82, 2.24) is 0 Å². The predicted octanol–water partition coefficient (Wildman–Crippen LogP) is 4.24. The van der Waals surface area contributed by atoms with E-state index in [4.69, 9.17) is 14.2 Å². The van der Waals surface area contributed by atoms with E-state index in [1.54, 1.807) is 26.8 Å². The highest BCUT2D eigenvalue weighted by Gasteiger charge is 2.22. The monoisotopic (exact) mass is 436 g/mol. The van der Waals surface area contributed by atoms with Crippen LogP contribution in [-0.2, 0) is 19.0 Å². The fraction of sp³-hybridized carbons (Fsp3) is 0.636. The second-order valence-corrected chi connectivity index (χ2v) is 8.55. The van der Waals surface area contributed by atoms with Gasteiger partial charge in [0, 0.05) is 12.1 Å². The smallest absolute Gasteiger partial charge is 0.338 e. The van der Waals surface area contributed by atoms with Crippen molar-refractivity contribution < 1.29 is 28.7 Å². The number of hydrogen-bond donors (Lipinski definition) is 1. The molecule has 31 heavy (non-hydrogen) atoms. The molecule has 1 aromatic rings. The van der Waals surface area contributed by atoms with Crippen LogP contribution in [0.2, 0.25) is 0 Å². The number of ether oxygens (including phenoxy) is 3. The van der Waals surface area contributed by atoms with Gasteiger partial charge in [-0.05, 0) is 45.7 Å². The molecule has 0 bridgehead atoms. The molecule has 0 radical (unpaired) electrons. The molecule has 2 rings (SSSR count). The maximum atomic E-state index is 12.2. The number of nitro benzene ring substituents is 1. The second kappa shape index (κ2) is 11.6. The molecule has 1 fully saturated rings. The number of nitrogens with zero attached hydrogens (tertiary/aromatic N) is 1. The maximum Gasteiger partial charge on any atom is 0.338 e. The first-order valence-corrected chi connectivity index (χ1v) is 10.7. The zero-order valence-electron chi connectivity index (χ0n) is 18.5. The number of rotatable bonds is 10. The number of carbonyl (C=O) groups excluding carboxylic acids is 2. The SMILES string of the molecule is CC(C)(C)OC(=O)CCOCCOC(=O)c1ccc(NC2CCCCC2)c([N+](=O)[O-])c1. The topological polar surface area (TPSA) is 117 Å². The maximum absolute atomic E-state index is 12.2. The van der Waals surface area contributed by atoms with Crippen LogP contribution in [0.1, 0.15) is 69.7 Å². The van der Waals surface area contributed by atoms with Crippen molar-refractivity contribution in [3.8, 4) is 0 Å². The molecule has 1 N–H and O–H groups in total. The molecule has 1 aliphatic carbocycles. The third kappa shape index (κ3) is 8.92. The van der Waals surface area contributed by atoms with Crippen LogP contribution in [0.15, 0.2) is 18.2 Å². The zero-order chi connectivity index (χ0) is 22.9. The summed E-state index contributed by atoms with van der Waals surface area (Å²) in [5.41, 5.74) is -0.168. The van der Waals surface area contributed by atoms with Gasteiger partial charge < -0.3 is 19.5 Å². The van der Waals surface area contributed by atoms with Gasteiger partial charge in [-0.2, -0.15) is 0 Å². The molecule has 1 saturated carbocycles. The lowest BCUT2D eigenvalue weighted by molar-refractivity contribution is -0.384. The first-order chi connectivity index (χ1) is 14.7. The van der Waals surface area contributed by atoms with Gasteiger partial charge in [-0.1, -0.05) is 19.3 Å². The van der Waals surface area contributed by atoms with Gasteiger partial charge in [0.05, 0.1) is 30.1 Å². The van der Waals surface area contributed by atoms with Crippen LogP contribution < -0.4 is 5.32 Å². The van der Waals surface area contributed by atoms with E-state index in [0.717, 1.165) is 25.7 Å². The highest BCUT2D eigenvalue weighted by atomic mass is 16.6. The Morgan fingerprint density at radius 3 is 2.48 bits per heavy atom. The molecule has 9 nitrogen and oxygen atoms in total. The summed E-state index contributed by atoms with van der Waals surface area (Å²) in [7, 11) is 0. The van der Waals surface area contributed by atoms with Gasteiger partial charge in [0.2, 0.25) is 0 Å². The standard InChI is InChI=1S/C22H32N2O7/c1-22(2,3)31-20(25)11-12-29-13-14-30-21(26)16-9-10-18(19(15-16)24(27)28)23-17-7-5-4-6-8-17/h9-10,15,17,23H,4-8,11-14H2,1-3H3. The Hall–Kier alpha value is -2.68. The van der Waals surface area contributed by atoms with Gasteiger partial charge in [0.25, 0.3) is 5.69 Å². The van der Waals surface area contributed by atoms with Gasteiger partial charge >= 0.3 is 11.9 Å². The van der Waals surface area contributed by atoms with Gasteiger partial charge in [-0.15, -0.1) is 0 Å². The Bertz CT molecular complexity index is 768. The minimum atomic E-state index is -0.664. The number of nitro groups is 1. The molecule has 0 aromatic heterocycles. The summed E-state index contributed by atoms with van der Waals surface area (Å²) in [6.45, 7) is 5.59. The van der Waals surface area contributed by atoms with Crippen molar-refractivity contribution in [1.29, 1.82) is 0 Å². The number of carbonyl (C=O) groups is 2. The summed E-state index contributed by atoms with van der Waals surface area (Å²) in [4.78, 5) is 34.8. The lowest BCUT2D eigenvalue weighted by atomic mass is 9.95. The molecule has 1 aliphatic rings. The minimum Gasteiger partial charge on any atom is -0.460 e. The summed E-state index contributed by atoms with van der Waals surface area (Å²) in [6, 6.07) is 4.52. The van der Waals surface area contributed by atoms with Crippen LogP contribution in [0, 0.1) is 10.1 Å². The quantitative estimate of drug-likeness (QED) is 0.250. The third-order valence-electron chi connectivity index (χ3n) is 4.73. The molecule has 0 aliphatic heterocycles. The highest BCUT2D eigenvalue weighted by Crippen LogP contribution is 2.29. The van der Waals surface area contributed by atoms with Crippen LogP contribution in [0.5, 0.6) is 0 Å². The number of esters is 2. The van der Waals surface area contributed by atoms with Crippen molar-refractivity contribution >= 4 is 23.3 Å². The van der Waals surface area contributed by atoms with E-state index in [-0.39, 0.29) is 49.5 Å².